The molecule has 2 aromatic carbocycles. The van der Waals surface area contributed by atoms with Gasteiger partial charge in [-0.05, 0) is 50.1 Å². The van der Waals surface area contributed by atoms with Gasteiger partial charge in [0.25, 0.3) is 0 Å². The lowest BCUT2D eigenvalue weighted by molar-refractivity contribution is -0.119. The smallest absolute Gasteiger partial charge is 0.244 e. The Hall–Kier alpha value is -2.38. The summed E-state index contributed by atoms with van der Waals surface area (Å²) in [6, 6.07) is 10.3. The fourth-order valence-corrected chi connectivity index (χ4v) is 7.22. The third-order valence-electron chi connectivity index (χ3n) is 5.50. The van der Waals surface area contributed by atoms with Crippen LogP contribution in [0, 0.1) is 6.92 Å². The van der Waals surface area contributed by atoms with Crippen LogP contribution < -0.4 is 5.32 Å². The number of carbonyl (C=O) groups excluding carboxylic acids is 1. The number of hydrogen-bond acceptors (Lipinski definition) is 7. The molecule has 0 aliphatic carbocycles. The first-order chi connectivity index (χ1) is 15.5. The van der Waals surface area contributed by atoms with Crippen LogP contribution in [-0.2, 0) is 24.8 Å². The number of anilines is 1. The van der Waals surface area contributed by atoms with Crippen molar-refractivity contribution in [1.29, 1.82) is 0 Å². The maximum Gasteiger partial charge on any atom is 0.244 e. The zero-order valence-electron chi connectivity index (χ0n) is 18.3. The van der Waals surface area contributed by atoms with E-state index in [0.717, 1.165) is 21.2 Å². The van der Waals surface area contributed by atoms with Crippen molar-refractivity contribution in [2.45, 2.75) is 35.6 Å². The molecule has 1 amide bonds. The molecule has 0 radical (unpaired) electrons. The summed E-state index contributed by atoms with van der Waals surface area (Å²) in [4.78, 5) is 17.6. The van der Waals surface area contributed by atoms with Gasteiger partial charge in [0.05, 0.1) is 20.0 Å². The van der Waals surface area contributed by atoms with E-state index in [-0.39, 0.29) is 21.5 Å². The molecule has 1 aliphatic rings. The summed E-state index contributed by atoms with van der Waals surface area (Å²) in [5.41, 5.74) is 1.49. The lowest BCUT2D eigenvalue weighted by Crippen LogP contribution is -2.43. The summed E-state index contributed by atoms with van der Waals surface area (Å²) >= 11 is 1.14. The van der Waals surface area contributed by atoms with Gasteiger partial charge in [0, 0.05) is 20.6 Å². The van der Waals surface area contributed by atoms with Gasteiger partial charge in [-0.3, -0.25) is 4.79 Å². The molecule has 12 heteroatoms. The lowest BCUT2D eigenvalue weighted by Gasteiger charge is -2.23. The van der Waals surface area contributed by atoms with E-state index in [4.69, 9.17) is 0 Å². The zero-order chi connectivity index (χ0) is 24.0. The third kappa shape index (κ3) is 4.53. The van der Waals surface area contributed by atoms with Crippen molar-refractivity contribution in [2.75, 3.05) is 26.0 Å². The highest BCUT2D eigenvalue weighted by Crippen LogP contribution is 2.31. The van der Waals surface area contributed by atoms with E-state index in [1.807, 2.05) is 6.92 Å². The standard InChI is InChI=1S/C21H24N4O5S3/c1-14-6-8-15(9-7-14)33(29,30)25-12-4-5-18(25)20(26)23-21-22-17-11-10-16(13-19(17)31-21)32(27,28)24(2)3/h6-11,13,18H,4-5,12H2,1-3H3,(H,22,23,26). The molecule has 1 saturated heterocycles. The molecule has 4 rings (SSSR count). The number of carbonyl (C=O) groups is 1. The number of amides is 1. The van der Waals surface area contributed by atoms with Gasteiger partial charge >= 0.3 is 0 Å². The minimum Gasteiger partial charge on any atom is -0.301 e. The number of fused-ring (bicyclic) bond motifs is 1. The average Bonchev–Trinajstić information content (AvgIpc) is 3.40. The van der Waals surface area contributed by atoms with Crippen molar-refractivity contribution >= 4 is 52.6 Å². The van der Waals surface area contributed by atoms with Crippen LogP contribution in [0.1, 0.15) is 18.4 Å². The second kappa shape index (κ2) is 8.76. The zero-order valence-corrected chi connectivity index (χ0v) is 20.8. The molecule has 1 aromatic heterocycles. The number of rotatable bonds is 6. The predicted molar refractivity (Wildman–Crippen MR) is 127 cm³/mol. The molecule has 176 valence electrons. The van der Waals surface area contributed by atoms with E-state index in [2.05, 4.69) is 10.3 Å². The van der Waals surface area contributed by atoms with Gasteiger partial charge < -0.3 is 5.32 Å². The molecule has 2 heterocycles. The first-order valence-corrected chi connectivity index (χ1v) is 13.9. The molecule has 0 bridgehead atoms. The molecule has 0 saturated carbocycles. The van der Waals surface area contributed by atoms with Gasteiger partial charge in [-0.25, -0.2) is 26.1 Å². The lowest BCUT2D eigenvalue weighted by atomic mass is 10.2. The molecule has 1 unspecified atom stereocenters. The van der Waals surface area contributed by atoms with Gasteiger partial charge in [0.2, 0.25) is 26.0 Å². The van der Waals surface area contributed by atoms with Gasteiger partial charge in [-0.15, -0.1) is 0 Å². The molecule has 9 nitrogen and oxygen atoms in total. The molecule has 0 spiro atoms. The van der Waals surface area contributed by atoms with Crippen LogP contribution in [0.4, 0.5) is 5.13 Å². The van der Waals surface area contributed by atoms with Crippen molar-refractivity contribution in [3.8, 4) is 0 Å². The highest BCUT2D eigenvalue weighted by Gasteiger charge is 2.39. The van der Waals surface area contributed by atoms with Crippen molar-refractivity contribution in [1.82, 2.24) is 13.6 Å². The molecule has 1 N–H and O–H groups in total. The highest BCUT2D eigenvalue weighted by molar-refractivity contribution is 7.89. The van der Waals surface area contributed by atoms with Crippen LogP contribution in [-0.4, -0.2) is 63.0 Å². The Kier molecular flexibility index (Phi) is 6.31. The number of aromatic nitrogens is 1. The van der Waals surface area contributed by atoms with Crippen LogP contribution in [0.25, 0.3) is 10.2 Å². The monoisotopic (exact) mass is 508 g/mol. The quantitative estimate of drug-likeness (QED) is 0.547. The second-order valence-corrected chi connectivity index (χ2v) is 13.1. The van der Waals surface area contributed by atoms with Gasteiger partial charge in [0.1, 0.15) is 6.04 Å². The van der Waals surface area contributed by atoms with E-state index in [1.165, 1.54) is 30.5 Å². The Balaban J connectivity index is 1.56. The normalized spacial score (nSPS) is 17.6. The summed E-state index contributed by atoms with van der Waals surface area (Å²) in [6.07, 6.45) is 0.988. The van der Waals surface area contributed by atoms with Crippen molar-refractivity contribution < 1.29 is 21.6 Å². The molecule has 33 heavy (non-hydrogen) atoms. The molecular formula is C21H24N4O5S3. The Labute approximate surface area is 197 Å². The highest BCUT2D eigenvalue weighted by atomic mass is 32.2. The molecule has 1 aliphatic heterocycles. The fraction of sp³-hybridized carbons (Fsp3) is 0.333. The average molecular weight is 509 g/mol. The van der Waals surface area contributed by atoms with E-state index in [0.29, 0.717) is 23.1 Å². The molecule has 3 aromatic rings. The number of nitrogens with zero attached hydrogens (tertiary/aromatic N) is 3. The number of hydrogen-bond donors (Lipinski definition) is 1. The maximum absolute atomic E-state index is 13.1. The number of aryl methyl sites for hydroxylation is 1. The molecule has 1 fully saturated rings. The predicted octanol–water partition coefficient (Wildman–Crippen LogP) is 2.65. The van der Waals surface area contributed by atoms with Crippen LogP contribution in [0.3, 0.4) is 0 Å². The first kappa shape index (κ1) is 23.8. The Morgan fingerprint density at radius 2 is 1.76 bits per heavy atom. The van der Waals surface area contributed by atoms with E-state index >= 15 is 0 Å². The van der Waals surface area contributed by atoms with Crippen LogP contribution >= 0.6 is 11.3 Å². The van der Waals surface area contributed by atoms with Crippen molar-refractivity contribution in [3.63, 3.8) is 0 Å². The van der Waals surface area contributed by atoms with E-state index < -0.39 is 32.0 Å². The van der Waals surface area contributed by atoms with Crippen molar-refractivity contribution in [2.24, 2.45) is 0 Å². The molecular weight excluding hydrogens is 484 g/mol. The van der Waals surface area contributed by atoms with E-state index in [9.17, 15) is 21.6 Å². The maximum atomic E-state index is 13.1. The van der Waals surface area contributed by atoms with Gasteiger partial charge in [-0.2, -0.15) is 4.31 Å². The van der Waals surface area contributed by atoms with Crippen LogP contribution in [0.15, 0.2) is 52.3 Å². The summed E-state index contributed by atoms with van der Waals surface area (Å²) in [5, 5.41) is 3.01. The topological polar surface area (TPSA) is 117 Å². The summed E-state index contributed by atoms with van der Waals surface area (Å²) < 4.78 is 53.9. The third-order valence-corrected chi connectivity index (χ3v) is 10.2. The Morgan fingerprint density at radius 1 is 1.09 bits per heavy atom. The first-order valence-electron chi connectivity index (χ1n) is 10.2. The van der Waals surface area contributed by atoms with Crippen LogP contribution in [0.5, 0.6) is 0 Å². The minimum atomic E-state index is -3.81. The number of sulfonamides is 2. The Morgan fingerprint density at radius 3 is 2.42 bits per heavy atom. The SMILES string of the molecule is Cc1ccc(S(=O)(=O)N2CCCC2C(=O)Nc2nc3ccc(S(=O)(=O)N(C)C)cc3s2)cc1. The summed E-state index contributed by atoms with van der Waals surface area (Å²) in [5.74, 6) is -0.455. The van der Waals surface area contributed by atoms with Gasteiger partial charge in [0.15, 0.2) is 5.13 Å². The largest absolute Gasteiger partial charge is 0.301 e. The summed E-state index contributed by atoms with van der Waals surface area (Å²) in [6.45, 7) is 2.14. The van der Waals surface area contributed by atoms with Crippen LogP contribution in [0.2, 0.25) is 0 Å². The van der Waals surface area contributed by atoms with E-state index in [1.54, 1.807) is 30.3 Å². The fourth-order valence-electron chi connectivity index (χ4n) is 3.65. The second-order valence-electron chi connectivity index (χ2n) is 8.01. The Bertz CT molecular complexity index is 1410. The number of nitrogens with one attached hydrogen (secondary N) is 1. The molecule has 1 atom stereocenters. The number of benzene rings is 2. The van der Waals surface area contributed by atoms with Crippen molar-refractivity contribution in [3.05, 3.63) is 48.0 Å². The minimum absolute atomic E-state index is 0.132. The summed E-state index contributed by atoms with van der Waals surface area (Å²) in [7, 11) is -4.50. The van der Waals surface area contributed by atoms with Gasteiger partial charge in [-0.1, -0.05) is 29.0 Å². The number of thiazole rings is 1.